The highest BCUT2D eigenvalue weighted by molar-refractivity contribution is 7.47. The number of phosphoric ester groups is 2. The van der Waals surface area contributed by atoms with E-state index in [0.717, 1.165) is 96.3 Å². The van der Waals surface area contributed by atoms with Gasteiger partial charge in [0.15, 0.2) is 12.2 Å². The predicted octanol–water partition coefficient (Wildman–Crippen LogP) is 27.2. The van der Waals surface area contributed by atoms with Crippen molar-refractivity contribution < 1.29 is 80.2 Å². The van der Waals surface area contributed by atoms with Crippen LogP contribution >= 0.6 is 15.6 Å². The smallest absolute Gasteiger partial charge is 0.462 e. The number of phosphoric acid groups is 2. The molecule has 2 unspecified atom stereocenters. The Bertz CT molecular complexity index is 2030. The van der Waals surface area contributed by atoms with E-state index in [4.69, 9.17) is 37.0 Å². The highest BCUT2D eigenvalue weighted by Gasteiger charge is 2.30. The Morgan fingerprint density at radius 2 is 0.430 bits per heavy atom. The van der Waals surface area contributed by atoms with E-state index in [1.54, 1.807) is 0 Å². The van der Waals surface area contributed by atoms with Gasteiger partial charge in [0, 0.05) is 25.7 Å². The van der Waals surface area contributed by atoms with Gasteiger partial charge in [0.2, 0.25) is 0 Å². The van der Waals surface area contributed by atoms with Crippen molar-refractivity contribution in [3.8, 4) is 0 Å². The molecule has 0 radical (unpaired) electrons. The molecule has 107 heavy (non-hydrogen) atoms. The second kappa shape index (κ2) is 80.7. The van der Waals surface area contributed by atoms with Gasteiger partial charge in [-0.1, -0.05) is 426 Å². The van der Waals surface area contributed by atoms with Crippen LogP contribution in [0.5, 0.6) is 0 Å². The number of carbonyl (C=O) groups excluding carboxylic acids is 4. The third-order valence-corrected chi connectivity index (χ3v) is 22.7. The Hall–Kier alpha value is -1.94. The molecule has 0 aliphatic rings. The molecule has 17 nitrogen and oxygen atoms in total. The third kappa shape index (κ3) is 81.9. The van der Waals surface area contributed by atoms with E-state index < -0.39 is 97.5 Å². The van der Waals surface area contributed by atoms with Crippen LogP contribution in [0.4, 0.5) is 0 Å². The molecule has 0 saturated heterocycles. The monoisotopic (exact) mass is 1560 g/mol. The molecule has 636 valence electrons. The topological polar surface area (TPSA) is 237 Å². The largest absolute Gasteiger partial charge is 0.472 e. The quantitative estimate of drug-likeness (QED) is 0.0222. The van der Waals surface area contributed by atoms with Crippen LogP contribution in [0.1, 0.15) is 478 Å². The Labute approximate surface area is 658 Å². The van der Waals surface area contributed by atoms with E-state index in [9.17, 15) is 43.2 Å². The van der Waals surface area contributed by atoms with Crippen LogP contribution in [0.3, 0.4) is 0 Å². The molecule has 0 fully saturated rings. The van der Waals surface area contributed by atoms with Crippen molar-refractivity contribution in [2.75, 3.05) is 39.6 Å². The Morgan fingerprint density at radius 1 is 0.252 bits per heavy atom. The lowest BCUT2D eigenvalue weighted by Gasteiger charge is -2.21. The highest BCUT2D eigenvalue weighted by atomic mass is 31.2. The van der Waals surface area contributed by atoms with Gasteiger partial charge in [-0.15, -0.1) is 0 Å². The SMILES string of the molecule is CCCCCCCCCCCCCCCCCCCCCCCC(=O)O[C@H](COC(=O)CCCCCCCCCCCCCCCCCCCCCC)COP(=O)(O)OC[C@@H](O)COP(=O)(O)OC[C@@H](COC(=O)CCCCCCCCCC(C)C)OC(=O)CCCCCCCCCCCCCCCCCC. The van der Waals surface area contributed by atoms with Crippen molar-refractivity contribution in [3.05, 3.63) is 0 Å². The Balaban J connectivity index is 5.22. The minimum atomic E-state index is -4.97. The van der Waals surface area contributed by atoms with E-state index >= 15 is 0 Å². The van der Waals surface area contributed by atoms with Gasteiger partial charge in [0.25, 0.3) is 0 Å². The molecular weight excluding hydrogens is 1390 g/mol. The maximum atomic E-state index is 13.2. The van der Waals surface area contributed by atoms with Crippen LogP contribution in [0.2, 0.25) is 0 Å². The van der Waals surface area contributed by atoms with Gasteiger partial charge in [0.1, 0.15) is 19.3 Å². The maximum Gasteiger partial charge on any atom is 0.472 e. The van der Waals surface area contributed by atoms with Crippen LogP contribution in [-0.2, 0) is 65.4 Å². The molecule has 19 heteroatoms. The van der Waals surface area contributed by atoms with E-state index in [-0.39, 0.29) is 25.7 Å². The average Bonchev–Trinajstić information content (AvgIpc) is 0.904. The first-order valence-corrected chi connectivity index (χ1v) is 48.6. The van der Waals surface area contributed by atoms with E-state index in [1.807, 2.05) is 0 Å². The van der Waals surface area contributed by atoms with Gasteiger partial charge in [-0.2, -0.15) is 0 Å². The molecule has 0 saturated carbocycles. The first-order chi connectivity index (χ1) is 52.0. The fraction of sp³-hybridized carbons (Fsp3) is 0.955. The first-order valence-electron chi connectivity index (χ1n) is 45.6. The van der Waals surface area contributed by atoms with Crippen molar-refractivity contribution in [3.63, 3.8) is 0 Å². The van der Waals surface area contributed by atoms with Crippen LogP contribution in [0.25, 0.3) is 0 Å². The zero-order chi connectivity index (χ0) is 78.3. The number of unbranched alkanes of at least 4 members (excludes halogenated alkanes) is 60. The number of ether oxygens (including phenoxy) is 4. The minimum Gasteiger partial charge on any atom is -0.462 e. The fourth-order valence-electron chi connectivity index (χ4n) is 13.8. The molecule has 0 heterocycles. The van der Waals surface area contributed by atoms with E-state index in [1.165, 1.54) is 295 Å². The maximum absolute atomic E-state index is 13.2. The number of esters is 4. The van der Waals surface area contributed by atoms with Crippen molar-refractivity contribution in [2.24, 2.45) is 5.92 Å². The van der Waals surface area contributed by atoms with Crippen molar-refractivity contribution in [1.29, 1.82) is 0 Å². The normalized spacial score (nSPS) is 13.7. The first kappa shape index (κ1) is 105. The summed E-state index contributed by atoms with van der Waals surface area (Å²) in [6.07, 6.45) is 75.2. The summed E-state index contributed by atoms with van der Waals surface area (Å²) in [7, 11) is -9.93. The Kier molecular flexibility index (Phi) is 79.2. The van der Waals surface area contributed by atoms with Gasteiger partial charge >= 0.3 is 39.5 Å². The summed E-state index contributed by atoms with van der Waals surface area (Å²) in [5.41, 5.74) is 0. The molecule has 0 rings (SSSR count). The molecule has 0 aromatic carbocycles. The summed E-state index contributed by atoms with van der Waals surface area (Å²) in [6, 6.07) is 0. The molecule has 0 aliphatic heterocycles. The van der Waals surface area contributed by atoms with Crippen LogP contribution in [0.15, 0.2) is 0 Å². The molecular formula is C88H172O17P2. The molecule has 0 bridgehead atoms. The zero-order valence-electron chi connectivity index (χ0n) is 70.3. The van der Waals surface area contributed by atoms with Gasteiger partial charge in [0.05, 0.1) is 26.4 Å². The second-order valence-electron chi connectivity index (χ2n) is 32.1. The third-order valence-electron chi connectivity index (χ3n) is 20.8. The van der Waals surface area contributed by atoms with Gasteiger partial charge < -0.3 is 33.8 Å². The molecule has 0 aromatic rings. The number of aliphatic hydroxyl groups is 1. The lowest BCUT2D eigenvalue weighted by molar-refractivity contribution is -0.161. The van der Waals surface area contributed by atoms with Crippen molar-refractivity contribution >= 4 is 39.5 Å². The number of aliphatic hydroxyl groups excluding tert-OH is 1. The summed E-state index contributed by atoms with van der Waals surface area (Å²) >= 11 is 0. The van der Waals surface area contributed by atoms with Crippen molar-refractivity contribution in [2.45, 2.75) is 496 Å². The molecule has 0 amide bonds. The zero-order valence-corrected chi connectivity index (χ0v) is 72.1. The van der Waals surface area contributed by atoms with Gasteiger partial charge in [-0.05, 0) is 31.6 Å². The number of rotatable bonds is 88. The summed E-state index contributed by atoms with van der Waals surface area (Å²) in [5, 5.41) is 10.7. The lowest BCUT2D eigenvalue weighted by Crippen LogP contribution is -2.30. The van der Waals surface area contributed by atoms with Gasteiger partial charge in [-0.25, -0.2) is 9.13 Å². The predicted molar refractivity (Wildman–Crippen MR) is 442 cm³/mol. The molecule has 3 N–H and O–H groups in total. The average molecular weight is 1560 g/mol. The molecule has 0 spiro atoms. The summed E-state index contributed by atoms with van der Waals surface area (Å²) in [6.45, 7) is 7.32. The van der Waals surface area contributed by atoms with Crippen LogP contribution in [0, 0.1) is 5.92 Å². The summed E-state index contributed by atoms with van der Waals surface area (Å²) in [5.74, 6) is -1.39. The van der Waals surface area contributed by atoms with Crippen LogP contribution < -0.4 is 0 Å². The Morgan fingerprint density at radius 3 is 0.636 bits per heavy atom. The minimum absolute atomic E-state index is 0.108. The van der Waals surface area contributed by atoms with Gasteiger partial charge in [-0.3, -0.25) is 37.3 Å². The highest BCUT2D eigenvalue weighted by Crippen LogP contribution is 2.45. The molecule has 0 aliphatic carbocycles. The standard InChI is InChI=1S/C88H172O17P2/c1-6-9-12-15-18-21-24-27-30-33-35-37-39-41-44-47-50-53-58-64-69-73-87(92)104-83(77-98-85(90)71-66-61-56-51-48-45-43-40-38-36-34-31-28-25-22-19-16-13-10-7-2)79-102-106(94,95)100-75-82(89)76-101-107(96,97)103-80-84(78-99-86(91)72-67-62-59-54-55-60-65-70-81(4)5)105-88(93)74-68-63-57-52-49-46-42-32-29-26-23-20-17-14-11-8-3/h81-84,89H,6-80H2,1-5H3,(H,94,95)(H,96,97)/t82-,83-,84-/m1/s1. The van der Waals surface area contributed by atoms with E-state index in [0.29, 0.717) is 31.6 Å². The summed E-state index contributed by atoms with van der Waals surface area (Å²) in [4.78, 5) is 73.3. The van der Waals surface area contributed by atoms with Crippen molar-refractivity contribution in [1.82, 2.24) is 0 Å². The fourth-order valence-corrected chi connectivity index (χ4v) is 15.4. The number of hydrogen-bond acceptors (Lipinski definition) is 15. The second-order valence-corrected chi connectivity index (χ2v) is 35.0. The molecule has 0 aromatic heterocycles. The van der Waals surface area contributed by atoms with E-state index in [2.05, 4.69) is 34.6 Å². The van der Waals surface area contributed by atoms with Crippen LogP contribution in [-0.4, -0.2) is 96.7 Å². The summed E-state index contributed by atoms with van der Waals surface area (Å²) < 4.78 is 68.9. The lowest BCUT2D eigenvalue weighted by atomic mass is 10.0. The molecule has 5 atom stereocenters. The number of carbonyl (C=O) groups is 4. The number of hydrogen-bond donors (Lipinski definition) is 3.